The van der Waals surface area contributed by atoms with E-state index in [0.29, 0.717) is 17.7 Å². The van der Waals surface area contributed by atoms with Crippen molar-refractivity contribution in [2.75, 3.05) is 5.73 Å². The average molecular weight is 207 g/mol. The van der Waals surface area contributed by atoms with Gasteiger partial charge in [-0.2, -0.15) is 0 Å². The van der Waals surface area contributed by atoms with Crippen LogP contribution in [0, 0.1) is 0 Å². The minimum absolute atomic E-state index is 0.0219. The lowest BCUT2D eigenvalue weighted by Gasteiger charge is -2.00. The molecular weight excluding hydrogens is 194 g/mol. The number of carboxylic acids is 1. The van der Waals surface area contributed by atoms with Crippen LogP contribution in [0.15, 0.2) is 24.3 Å². The van der Waals surface area contributed by atoms with Crippen LogP contribution in [0.1, 0.15) is 29.6 Å². The number of Topliss-reactive ketones (excluding diaryl/α,β-unsaturated/α-hetero) is 1. The number of carbonyl (C=O) groups is 2. The zero-order chi connectivity index (χ0) is 11.3. The van der Waals surface area contributed by atoms with Crippen LogP contribution in [0.2, 0.25) is 0 Å². The maximum Gasteiger partial charge on any atom is 0.303 e. The number of anilines is 1. The van der Waals surface area contributed by atoms with Gasteiger partial charge in [0.1, 0.15) is 0 Å². The van der Waals surface area contributed by atoms with E-state index in [1.807, 2.05) is 0 Å². The third kappa shape index (κ3) is 3.81. The summed E-state index contributed by atoms with van der Waals surface area (Å²) in [7, 11) is 0. The molecule has 0 aliphatic rings. The average Bonchev–Trinajstić information content (AvgIpc) is 2.17. The molecule has 4 nitrogen and oxygen atoms in total. The summed E-state index contributed by atoms with van der Waals surface area (Å²) >= 11 is 0. The molecule has 0 atom stereocenters. The van der Waals surface area contributed by atoms with Gasteiger partial charge >= 0.3 is 5.97 Å². The molecule has 1 aromatic carbocycles. The Balaban J connectivity index is 2.50. The van der Waals surface area contributed by atoms with E-state index in [1.165, 1.54) is 0 Å². The second-order valence-electron chi connectivity index (χ2n) is 3.30. The molecule has 0 fully saturated rings. The molecular formula is C11H13NO3. The first-order valence-electron chi connectivity index (χ1n) is 4.70. The number of nitrogen functional groups attached to an aromatic ring is 1. The molecule has 0 aliphatic carbocycles. The number of carboxylic acid groups (broad SMARTS) is 1. The predicted octanol–water partition coefficient (Wildman–Crippen LogP) is 1.71. The molecule has 0 amide bonds. The summed E-state index contributed by atoms with van der Waals surface area (Å²) in [6.45, 7) is 0. The van der Waals surface area contributed by atoms with Crippen LogP contribution in [0.25, 0.3) is 0 Å². The normalized spacial score (nSPS) is 9.87. The Morgan fingerprint density at radius 3 is 2.60 bits per heavy atom. The first kappa shape index (κ1) is 11.2. The molecule has 15 heavy (non-hydrogen) atoms. The van der Waals surface area contributed by atoms with Crippen LogP contribution in [0.4, 0.5) is 5.69 Å². The molecule has 0 bridgehead atoms. The minimum atomic E-state index is -0.879. The van der Waals surface area contributed by atoms with Gasteiger partial charge < -0.3 is 10.8 Å². The fourth-order valence-corrected chi connectivity index (χ4v) is 1.26. The van der Waals surface area contributed by atoms with Crippen molar-refractivity contribution < 1.29 is 14.7 Å². The number of rotatable bonds is 5. The van der Waals surface area contributed by atoms with Gasteiger partial charge in [0, 0.05) is 24.1 Å². The molecule has 4 heteroatoms. The molecule has 0 aliphatic heterocycles. The van der Waals surface area contributed by atoms with Gasteiger partial charge in [-0.25, -0.2) is 0 Å². The molecule has 1 aromatic rings. The Labute approximate surface area is 87.7 Å². The lowest BCUT2D eigenvalue weighted by molar-refractivity contribution is -0.137. The van der Waals surface area contributed by atoms with Crippen molar-refractivity contribution in [1.29, 1.82) is 0 Å². The summed E-state index contributed by atoms with van der Waals surface area (Å²) in [6, 6.07) is 6.69. The van der Waals surface area contributed by atoms with E-state index in [-0.39, 0.29) is 18.6 Å². The highest BCUT2D eigenvalue weighted by Gasteiger charge is 2.06. The number of benzene rings is 1. The van der Waals surface area contributed by atoms with Crippen LogP contribution in [-0.4, -0.2) is 16.9 Å². The topological polar surface area (TPSA) is 80.4 Å². The van der Waals surface area contributed by atoms with Crippen molar-refractivity contribution in [1.82, 2.24) is 0 Å². The number of carbonyl (C=O) groups excluding carboxylic acids is 1. The van der Waals surface area contributed by atoms with E-state index in [2.05, 4.69) is 0 Å². The standard InChI is InChI=1S/C11H13NO3/c12-9-4-1-3-8(7-9)10(13)5-2-6-11(14)15/h1,3-4,7H,2,5-6,12H2,(H,14,15). The first-order valence-corrected chi connectivity index (χ1v) is 4.70. The number of ketones is 1. The van der Waals surface area contributed by atoms with E-state index < -0.39 is 5.97 Å². The Kier molecular flexibility index (Phi) is 3.85. The van der Waals surface area contributed by atoms with Crippen LogP contribution in [0.5, 0.6) is 0 Å². The fraction of sp³-hybridized carbons (Fsp3) is 0.273. The van der Waals surface area contributed by atoms with E-state index in [4.69, 9.17) is 10.8 Å². The van der Waals surface area contributed by atoms with Crippen molar-refractivity contribution in [3.63, 3.8) is 0 Å². The predicted molar refractivity (Wildman–Crippen MR) is 56.7 cm³/mol. The van der Waals surface area contributed by atoms with Crippen molar-refractivity contribution in [2.45, 2.75) is 19.3 Å². The number of hydrogen-bond acceptors (Lipinski definition) is 3. The van der Waals surface area contributed by atoms with Crippen LogP contribution in [-0.2, 0) is 4.79 Å². The van der Waals surface area contributed by atoms with Crippen molar-refractivity contribution >= 4 is 17.4 Å². The largest absolute Gasteiger partial charge is 0.481 e. The maximum absolute atomic E-state index is 11.5. The number of aliphatic carboxylic acids is 1. The lowest BCUT2D eigenvalue weighted by atomic mass is 10.1. The second kappa shape index (κ2) is 5.14. The molecule has 80 valence electrons. The van der Waals surface area contributed by atoms with Gasteiger partial charge in [0.2, 0.25) is 0 Å². The summed E-state index contributed by atoms with van der Waals surface area (Å²) in [6.07, 6.45) is 0.632. The highest BCUT2D eigenvalue weighted by molar-refractivity contribution is 5.96. The Bertz CT molecular complexity index is 374. The van der Waals surface area contributed by atoms with Gasteiger partial charge in [-0.05, 0) is 18.6 Å². The van der Waals surface area contributed by atoms with Gasteiger partial charge in [-0.1, -0.05) is 12.1 Å². The van der Waals surface area contributed by atoms with Crippen molar-refractivity contribution in [3.8, 4) is 0 Å². The van der Waals surface area contributed by atoms with Gasteiger partial charge in [-0.3, -0.25) is 9.59 Å². The van der Waals surface area contributed by atoms with E-state index in [1.54, 1.807) is 24.3 Å². The van der Waals surface area contributed by atoms with Crippen molar-refractivity contribution in [2.24, 2.45) is 0 Å². The molecule has 0 saturated carbocycles. The Morgan fingerprint density at radius 1 is 1.27 bits per heavy atom. The summed E-state index contributed by atoms with van der Waals surface area (Å²) in [5.74, 6) is -0.945. The van der Waals surface area contributed by atoms with Gasteiger partial charge in [0.05, 0.1) is 0 Å². The molecule has 3 N–H and O–H groups in total. The van der Waals surface area contributed by atoms with Crippen LogP contribution in [0.3, 0.4) is 0 Å². The van der Waals surface area contributed by atoms with E-state index >= 15 is 0 Å². The molecule has 0 aromatic heterocycles. The maximum atomic E-state index is 11.5. The zero-order valence-corrected chi connectivity index (χ0v) is 8.27. The van der Waals surface area contributed by atoms with Crippen LogP contribution >= 0.6 is 0 Å². The van der Waals surface area contributed by atoms with Gasteiger partial charge in [0.25, 0.3) is 0 Å². The molecule has 0 saturated heterocycles. The van der Waals surface area contributed by atoms with Crippen LogP contribution < -0.4 is 5.73 Å². The molecule has 1 rings (SSSR count). The Morgan fingerprint density at radius 2 is 2.00 bits per heavy atom. The third-order valence-electron chi connectivity index (χ3n) is 2.00. The zero-order valence-electron chi connectivity index (χ0n) is 8.27. The SMILES string of the molecule is Nc1cccc(C(=O)CCCC(=O)O)c1. The molecule has 0 spiro atoms. The summed E-state index contributed by atoms with van der Waals surface area (Å²) in [5.41, 5.74) is 6.61. The smallest absolute Gasteiger partial charge is 0.303 e. The molecule has 0 heterocycles. The number of hydrogen-bond donors (Lipinski definition) is 2. The summed E-state index contributed by atoms with van der Waals surface area (Å²) in [5, 5.41) is 8.41. The monoisotopic (exact) mass is 207 g/mol. The quantitative estimate of drug-likeness (QED) is 0.569. The lowest BCUT2D eigenvalue weighted by Crippen LogP contribution is -2.02. The van der Waals surface area contributed by atoms with Crippen molar-refractivity contribution in [3.05, 3.63) is 29.8 Å². The summed E-state index contributed by atoms with van der Waals surface area (Å²) in [4.78, 5) is 21.8. The molecule has 0 unspecified atom stereocenters. The highest BCUT2D eigenvalue weighted by atomic mass is 16.4. The Hall–Kier alpha value is -1.84. The van der Waals surface area contributed by atoms with Gasteiger partial charge in [0.15, 0.2) is 5.78 Å². The second-order valence-corrected chi connectivity index (χ2v) is 3.30. The summed E-state index contributed by atoms with van der Waals surface area (Å²) < 4.78 is 0. The van der Waals surface area contributed by atoms with E-state index in [0.717, 1.165) is 0 Å². The third-order valence-corrected chi connectivity index (χ3v) is 2.00. The fourth-order valence-electron chi connectivity index (χ4n) is 1.26. The highest BCUT2D eigenvalue weighted by Crippen LogP contribution is 2.10. The van der Waals surface area contributed by atoms with E-state index in [9.17, 15) is 9.59 Å². The first-order chi connectivity index (χ1) is 7.09. The molecule has 0 radical (unpaired) electrons. The number of nitrogens with two attached hydrogens (primary N) is 1. The van der Waals surface area contributed by atoms with Gasteiger partial charge in [-0.15, -0.1) is 0 Å². The minimum Gasteiger partial charge on any atom is -0.481 e.